The first-order chi connectivity index (χ1) is 8.50. The Kier molecular flexibility index (Phi) is 5.78. The molecule has 1 rings (SSSR count). The molecule has 3 N–H and O–H groups in total. The molecule has 0 amide bonds. The number of nitrogens with zero attached hydrogens (tertiary/aromatic N) is 1. The van der Waals surface area contributed by atoms with Gasteiger partial charge in [-0.3, -0.25) is 5.43 Å². The van der Waals surface area contributed by atoms with Crippen molar-refractivity contribution in [2.45, 2.75) is 39.0 Å². The first-order valence-corrected chi connectivity index (χ1v) is 6.58. The van der Waals surface area contributed by atoms with Crippen LogP contribution < -0.4 is 11.2 Å². The van der Waals surface area contributed by atoms with Crippen LogP contribution in [-0.4, -0.2) is 11.3 Å². The molecule has 0 bridgehead atoms. The second kappa shape index (κ2) is 7.11. The Morgan fingerprint density at radius 1 is 1.28 bits per heavy atom. The highest BCUT2D eigenvalue weighted by Gasteiger charge is 2.05. The zero-order valence-corrected chi connectivity index (χ0v) is 12.0. The van der Waals surface area contributed by atoms with E-state index in [9.17, 15) is 0 Å². The van der Waals surface area contributed by atoms with Crippen molar-refractivity contribution in [3.63, 3.8) is 0 Å². The van der Waals surface area contributed by atoms with Gasteiger partial charge in [-0.1, -0.05) is 45.0 Å². The van der Waals surface area contributed by atoms with Gasteiger partial charge >= 0.3 is 0 Å². The molecule has 3 nitrogen and oxygen atoms in total. The van der Waals surface area contributed by atoms with Gasteiger partial charge < -0.3 is 5.73 Å². The van der Waals surface area contributed by atoms with Crippen LogP contribution in [0.5, 0.6) is 0 Å². The van der Waals surface area contributed by atoms with Crippen LogP contribution in [-0.2, 0) is 0 Å². The highest BCUT2D eigenvalue weighted by Crippen LogP contribution is 2.21. The van der Waals surface area contributed by atoms with Crippen molar-refractivity contribution >= 4 is 23.5 Å². The molecule has 0 aliphatic carbocycles. The maximum Gasteiger partial charge on any atom is 0.184 e. The Bertz CT molecular complexity index is 410. The lowest BCUT2D eigenvalue weighted by molar-refractivity contribution is 0.802. The van der Waals surface area contributed by atoms with Crippen LogP contribution in [0.25, 0.3) is 0 Å². The second-order valence-corrected chi connectivity index (χ2v) is 5.19. The van der Waals surface area contributed by atoms with Gasteiger partial charge in [-0.05, 0) is 41.6 Å². The first kappa shape index (κ1) is 14.6. The largest absolute Gasteiger partial charge is 0.375 e. The number of nitrogens with one attached hydrogen (secondary N) is 1. The molecular formula is C14H21N3S. The van der Waals surface area contributed by atoms with E-state index < -0.39 is 0 Å². The van der Waals surface area contributed by atoms with Crippen LogP contribution >= 0.6 is 12.2 Å². The minimum atomic E-state index is 0.195. The summed E-state index contributed by atoms with van der Waals surface area (Å²) in [5, 5.41) is 4.14. The summed E-state index contributed by atoms with van der Waals surface area (Å²) in [4.78, 5) is 0. The summed E-state index contributed by atoms with van der Waals surface area (Å²) < 4.78 is 0. The molecule has 0 aromatic heterocycles. The van der Waals surface area contributed by atoms with E-state index in [1.807, 2.05) is 0 Å². The monoisotopic (exact) mass is 263 g/mol. The third-order valence-corrected chi connectivity index (χ3v) is 2.99. The Balaban J connectivity index is 2.53. The molecule has 0 heterocycles. The minimum absolute atomic E-state index is 0.195. The summed E-state index contributed by atoms with van der Waals surface area (Å²) in [6.07, 6.45) is 2.66. The smallest absolute Gasteiger partial charge is 0.184 e. The van der Waals surface area contributed by atoms with Gasteiger partial charge in [0.05, 0.1) is 0 Å². The van der Waals surface area contributed by atoms with Gasteiger partial charge in [0.2, 0.25) is 0 Å². The molecule has 0 saturated heterocycles. The molecule has 0 radical (unpaired) electrons. The quantitative estimate of drug-likeness (QED) is 0.487. The van der Waals surface area contributed by atoms with Crippen molar-refractivity contribution in [3.8, 4) is 0 Å². The van der Waals surface area contributed by atoms with Crippen LogP contribution in [0, 0.1) is 0 Å². The van der Waals surface area contributed by atoms with Crippen LogP contribution in [0.15, 0.2) is 29.4 Å². The van der Waals surface area contributed by atoms with E-state index >= 15 is 0 Å². The van der Waals surface area contributed by atoms with Crippen LogP contribution in [0.4, 0.5) is 0 Å². The van der Waals surface area contributed by atoms with E-state index in [4.69, 9.17) is 5.73 Å². The van der Waals surface area contributed by atoms with Gasteiger partial charge in [-0.25, -0.2) is 0 Å². The summed E-state index contributed by atoms with van der Waals surface area (Å²) in [6.45, 7) is 6.58. The van der Waals surface area contributed by atoms with Gasteiger partial charge in [-0.2, -0.15) is 5.10 Å². The fourth-order valence-corrected chi connectivity index (χ4v) is 1.72. The summed E-state index contributed by atoms with van der Waals surface area (Å²) in [5.74, 6) is 1.01. The van der Waals surface area contributed by atoms with Crippen molar-refractivity contribution in [1.29, 1.82) is 0 Å². The van der Waals surface area contributed by atoms with E-state index in [1.54, 1.807) is 6.21 Å². The predicted octanol–water partition coefficient (Wildman–Crippen LogP) is 3.12. The molecule has 0 spiro atoms. The summed E-state index contributed by atoms with van der Waals surface area (Å²) in [7, 11) is 0. The standard InChI is InChI=1S/C14H21N3S/c1-10(2)12-4-6-13(7-5-12)11(3)8-9-16-17-14(15)18/h4-7,9-11H,8H2,1-3H3,(H3,15,17,18). The average molecular weight is 263 g/mol. The minimum Gasteiger partial charge on any atom is -0.375 e. The van der Waals surface area contributed by atoms with E-state index in [0.717, 1.165) is 6.42 Å². The molecular weight excluding hydrogens is 242 g/mol. The molecule has 4 heteroatoms. The van der Waals surface area contributed by atoms with Gasteiger partial charge in [0.15, 0.2) is 5.11 Å². The third kappa shape index (κ3) is 4.84. The molecule has 0 aliphatic rings. The molecule has 98 valence electrons. The highest BCUT2D eigenvalue weighted by molar-refractivity contribution is 7.80. The number of benzene rings is 1. The number of rotatable bonds is 5. The Morgan fingerprint density at radius 3 is 2.33 bits per heavy atom. The topological polar surface area (TPSA) is 50.4 Å². The molecule has 0 fully saturated rings. The first-order valence-electron chi connectivity index (χ1n) is 6.17. The SMILES string of the molecule is CC(C)c1ccc(C(C)CC=NNC(N)=S)cc1. The Hall–Kier alpha value is -1.42. The van der Waals surface area contributed by atoms with Crippen LogP contribution in [0.2, 0.25) is 0 Å². The third-order valence-electron chi connectivity index (χ3n) is 2.90. The maximum absolute atomic E-state index is 5.27. The van der Waals surface area contributed by atoms with E-state index in [-0.39, 0.29) is 5.11 Å². The fraction of sp³-hybridized carbons (Fsp3) is 0.429. The lowest BCUT2D eigenvalue weighted by atomic mass is 9.95. The second-order valence-electron chi connectivity index (χ2n) is 4.75. The highest BCUT2D eigenvalue weighted by atomic mass is 32.1. The molecule has 0 aliphatic heterocycles. The van der Waals surface area contributed by atoms with E-state index in [0.29, 0.717) is 11.8 Å². The summed E-state index contributed by atoms with van der Waals surface area (Å²) in [5.41, 5.74) is 10.5. The lowest BCUT2D eigenvalue weighted by Crippen LogP contribution is -2.24. The van der Waals surface area contributed by atoms with Crippen molar-refractivity contribution in [2.75, 3.05) is 0 Å². The Labute approximate surface area is 114 Å². The zero-order chi connectivity index (χ0) is 13.5. The number of hydrogen-bond acceptors (Lipinski definition) is 2. The average Bonchev–Trinajstić information content (AvgIpc) is 2.34. The lowest BCUT2D eigenvalue weighted by Gasteiger charge is -2.11. The fourth-order valence-electron chi connectivity index (χ4n) is 1.67. The van der Waals surface area contributed by atoms with Gasteiger partial charge in [0, 0.05) is 6.21 Å². The van der Waals surface area contributed by atoms with Gasteiger partial charge in [-0.15, -0.1) is 0 Å². The van der Waals surface area contributed by atoms with E-state index in [2.05, 4.69) is 67.8 Å². The van der Waals surface area contributed by atoms with Gasteiger partial charge in [0.1, 0.15) is 0 Å². The number of thiocarbonyl (C=S) groups is 1. The van der Waals surface area contributed by atoms with Crippen molar-refractivity contribution in [1.82, 2.24) is 5.43 Å². The molecule has 18 heavy (non-hydrogen) atoms. The van der Waals surface area contributed by atoms with Crippen LogP contribution in [0.3, 0.4) is 0 Å². The Morgan fingerprint density at radius 2 is 1.83 bits per heavy atom. The summed E-state index contributed by atoms with van der Waals surface area (Å²) in [6, 6.07) is 8.77. The summed E-state index contributed by atoms with van der Waals surface area (Å²) >= 11 is 4.66. The van der Waals surface area contributed by atoms with Crippen molar-refractivity contribution < 1.29 is 0 Å². The zero-order valence-electron chi connectivity index (χ0n) is 11.2. The van der Waals surface area contributed by atoms with Crippen LogP contribution in [0.1, 0.15) is 50.2 Å². The predicted molar refractivity (Wildman–Crippen MR) is 82.0 cm³/mol. The van der Waals surface area contributed by atoms with Gasteiger partial charge in [0.25, 0.3) is 0 Å². The number of hydrogen-bond donors (Lipinski definition) is 2. The number of nitrogens with two attached hydrogens (primary N) is 1. The molecule has 1 unspecified atom stereocenters. The molecule has 1 aromatic rings. The maximum atomic E-state index is 5.27. The molecule has 1 atom stereocenters. The van der Waals surface area contributed by atoms with Crippen molar-refractivity contribution in [2.24, 2.45) is 10.8 Å². The number of hydrazone groups is 1. The molecule has 1 aromatic carbocycles. The van der Waals surface area contributed by atoms with Crippen molar-refractivity contribution in [3.05, 3.63) is 35.4 Å². The normalized spacial score (nSPS) is 12.9. The van der Waals surface area contributed by atoms with E-state index in [1.165, 1.54) is 11.1 Å². The molecule has 0 saturated carbocycles.